The molecule has 3 aromatic heterocycles. The van der Waals surface area contributed by atoms with Crippen molar-refractivity contribution in [2.24, 2.45) is 4.36 Å². The van der Waals surface area contributed by atoms with E-state index in [9.17, 15) is 4.21 Å². The van der Waals surface area contributed by atoms with Crippen LogP contribution in [0, 0.1) is 0 Å². The van der Waals surface area contributed by atoms with Crippen LogP contribution in [0.5, 0.6) is 0 Å². The van der Waals surface area contributed by atoms with Gasteiger partial charge in [0.1, 0.15) is 5.82 Å². The molecule has 2 fully saturated rings. The van der Waals surface area contributed by atoms with Crippen molar-refractivity contribution in [3.05, 3.63) is 59.4 Å². The minimum absolute atomic E-state index is 0.346. The first-order valence-electron chi connectivity index (χ1n) is 12.8. The van der Waals surface area contributed by atoms with Crippen molar-refractivity contribution in [1.29, 1.82) is 0 Å². The molecule has 4 heterocycles. The van der Waals surface area contributed by atoms with Gasteiger partial charge in [-0.1, -0.05) is 17.7 Å². The minimum Gasteiger partial charge on any atom is -0.369 e. The second-order valence-corrected chi connectivity index (χ2v) is 13.3. The van der Waals surface area contributed by atoms with Crippen molar-refractivity contribution < 1.29 is 4.21 Å². The topological polar surface area (TPSA) is 91.5 Å². The molecule has 1 saturated carbocycles. The molecule has 1 saturated heterocycles. The van der Waals surface area contributed by atoms with E-state index in [0.717, 1.165) is 55.8 Å². The van der Waals surface area contributed by atoms with Crippen molar-refractivity contribution in [2.45, 2.75) is 18.8 Å². The molecule has 1 aliphatic heterocycles. The lowest BCUT2D eigenvalue weighted by molar-refractivity contribution is 0.313. The largest absolute Gasteiger partial charge is 0.369 e. The summed E-state index contributed by atoms with van der Waals surface area (Å²) in [5, 5.41) is 4.78. The van der Waals surface area contributed by atoms with Crippen LogP contribution in [0.15, 0.2) is 53.0 Å². The molecule has 1 N–H and O–H groups in total. The molecule has 4 aromatic rings. The van der Waals surface area contributed by atoms with E-state index in [1.807, 2.05) is 16.7 Å². The number of rotatable bonds is 6. The number of likely N-dealkylation sites (N-methyl/N-ethyl adjacent to an activating group) is 1. The quantitative estimate of drug-likeness (QED) is 0.353. The average Bonchev–Trinajstić information content (AvgIpc) is 3.68. The number of nitrogens with zero attached hydrogens (tertiary/aromatic N) is 7. The molecule has 198 valence electrons. The van der Waals surface area contributed by atoms with Crippen molar-refractivity contribution in [3.63, 3.8) is 0 Å². The van der Waals surface area contributed by atoms with Gasteiger partial charge in [-0.25, -0.2) is 14.2 Å². The zero-order valence-corrected chi connectivity index (χ0v) is 23.3. The van der Waals surface area contributed by atoms with Gasteiger partial charge in [0, 0.05) is 77.6 Å². The molecule has 9 nitrogen and oxygen atoms in total. The molecule has 38 heavy (non-hydrogen) atoms. The standard InChI is InChI=1S/C27H31ClN8OS/c1-34-13-15-35(16-14-34)20-11-9-19(10-12-20)30-27-29-17-21-24(28)25(18-7-8-18)36(26(21)32-27)23-6-4-5-22(31-23)33-38(2,3)37/h4-6,9-12,17-18H,7-8,13-16H2,1-3H3,(H,29,30,32). The highest BCUT2D eigenvalue weighted by molar-refractivity contribution is 7.92. The number of pyridine rings is 1. The summed E-state index contributed by atoms with van der Waals surface area (Å²) in [6.07, 6.45) is 7.10. The lowest BCUT2D eigenvalue weighted by atomic mass is 10.2. The number of fused-ring (bicyclic) bond motifs is 1. The molecule has 0 atom stereocenters. The normalized spacial score (nSPS) is 16.7. The maximum atomic E-state index is 12.3. The zero-order chi connectivity index (χ0) is 26.4. The van der Waals surface area contributed by atoms with Gasteiger partial charge in [0.25, 0.3) is 0 Å². The second kappa shape index (κ2) is 9.83. The Morgan fingerprint density at radius 3 is 2.45 bits per heavy atom. The van der Waals surface area contributed by atoms with Gasteiger partial charge in [-0.05, 0) is 56.3 Å². The van der Waals surface area contributed by atoms with Crippen LogP contribution in [0.25, 0.3) is 16.9 Å². The highest BCUT2D eigenvalue weighted by atomic mass is 35.5. The van der Waals surface area contributed by atoms with Gasteiger partial charge in [-0.15, -0.1) is 0 Å². The van der Waals surface area contributed by atoms with Crippen LogP contribution in [0.3, 0.4) is 0 Å². The Bertz CT molecular complexity index is 1610. The fraction of sp³-hybridized carbons (Fsp3) is 0.370. The third kappa shape index (κ3) is 5.21. The van der Waals surface area contributed by atoms with Crippen LogP contribution < -0.4 is 10.2 Å². The average molecular weight is 551 g/mol. The number of aromatic nitrogens is 4. The van der Waals surface area contributed by atoms with E-state index in [1.54, 1.807) is 24.8 Å². The van der Waals surface area contributed by atoms with E-state index < -0.39 is 9.73 Å². The maximum Gasteiger partial charge on any atom is 0.229 e. The second-order valence-electron chi connectivity index (χ2n) is 10.3. The maximum absolute atomic E-state index is 12.3. The zero-order valence-electron chi connectivity index (χ0n) is 21.8. The van der Waals surface area contributed by atoms with Gasteiger partial charge < -0.3 is 15.1 Å². The SMILES string of the molecule is CN1CCN(c2ccc(Nc3ncc4c(Cl)c(C5CC5)n(-c5cccc(N=S(C)(C)=O)n5)c4n3)cc2)CC1. The molecule has 11 heteroatoms. The lowest BCUT2D eigenvalue weighted by Crippen LogP contribution is -2.44. The fourth-order valence-corrected chi connectivity index (χ4v) is 5.75. The number of anilines is 3. The van der Waals surface area contributed by atoms with Crippen molar-refractivity contribution in [1.82, 2.24) is 24.4 Å². The summed E-state index contributed by atoms with van der Waals surface area (Å²) in [6.45, 7) is 4.20. The monoisotopic (exact) mass is 550 g/mol. The molecule has 6 rings (SSSR count). The lowest BCUT2D eigenvalue weighted by Gasteiger charge is -2.34. The van der Waals surface area contributed by atoms with Crippen molar-refractivity contribution in [3.8, 4) is 5.82 Å². The third-order valence-corrected chi connectivity index (χ3v) is 7.92. The summed E-state index contributed by atoms with van der Waals surface area (Å²) in [5.74, 6) is 1.90. The summed E-state index contributed by atoms with van der Waals surface area (Å²) in [5.41, 5.74) is 3.80. The van der Waals surface area contributed by atoms with Crippen LogP contribution in [0.4, 0.5) is 23.1 Å². The van der Waals surface area contributed by atoms with Gasteiger partial charge in [-0.2, -0.15) is 9.35 Å². The molecule has 0 spiro atoms. The van der Waals surface area contributed by atoms with Crippen LogP contribution in [0.2, 0.25) is 5.02 Å². The summed E-state index contributed by atoms with van der Waals surface area (Å²) >= 11 is 6.88. The van der Waals surface area contributed by atoms with Gasteiger partial charge in [-0.3, -0.25) is 4.57 Å². The first-order valence-corrected chi connectivity index (χ1v) is 15.5. The Morgan fingerprint density at radius 1 is 1.03 bits per heavy atom. The summed E-state index contributed by atoms with van der Waals surface area (Å²) in [4.78, 5) is 18.9. The van der Waals surface area contributed by atoms with Crippen LogP contribution >= 0.6 is 11.6 Å². The Hall–Kier alpha value is -3.21. The highest BCUT2D eigenvalue weighted by Gasteiger charge is 2.33. The van der Waals surface area contributed by atoms with Crippen LogP contribution in [-0.4, -0.2) is 74.4 Å². The molecule has 0 amide bonds. The van der Waals surface area contributed by atoms with E-state index in [0.29, 0.717) is 34.2 Å². The van der Waals surface area contributed by atoms with E-state index in [2.05, 4.69) is 55.8 Å². The summed E-state index contributed by atoms with van der Waals surface area (Å²) in [6, 6.07) is 13.9. The first kappa shape index (κ1) is 25.1. The number of nitrogens with one attached hydrogen (secondary N) is 1. The summed E-state index contributed by atoms with van der Waals surface area (Å²) in [7, 11) is -0.184. The Morgan fingerprint density at radius 2 is 1.76 bits per heavy atom. The molecule has 0 bridgehead atoms. The van der Waals surface area contributed by atoms with Gasteiger partial charge in [0.05, 0.1) is 10.4 Å². The fourth-order valence-electron chi connectivity index (χ4n) is 4.82. The van der Waals surface area contributed by atoms with Crippen LogP contribution in [0.1, 0.15) is 24.5 Å². The third-order valence-electron chi connectivity index (χ3n) is 6.90. The van der Waals surface area contributed by atoms with E-state index in [-0.39, 0.29) is 0 Å². The number of piperazine rings is 1. The molecule has 2 aliphatic rings. The molecule has 0 unspecified atom stereocenters. The molecule has 1 aromatic carbocycles. The van der Waals surface area contributed by atoms with E-state index in [1.165, 1.54) is 5.69 Å². The molecular weight excluding hydrogens is 520 g/mol. The van der Waals surface area contributed by atoms with E-state index >= 15 is 0 Å². The molecule has 0 radical (unpaired) electrons. The number of halogens is 1. The van der Waals surface area contributed by atoms with Crippen LogP contribution in [-0.2, 0) is 9.73 Å². The molecule has 1 aliphatic carbocycles. The Kier molecular flexibility index (Phi) is 6.49. The van der Waals surface area contributed by atoms with Gasteiger partial charge in [0.15, 0.2) is 11.5 Å². The minimum atomic E-state index is -2.35. The van der Waals surface area contributed by atoms with Crippen molar-refractivity contribution >= 4 is 55.5 Å². The van der Waals surface area contributed by atoms with Gasteiger partial charge >= 0.3 is 0 Å². The highest BCUT2D eigenvalue weighted by Crippen LogP contribution is 2.47. The van der Waals surface area contributed by atoms with E-state index in [4.69, 9.17) is 21.6 Å². The van der Waals surface area contributed by atoms with Crippen molar-refractivity contribution in [2.75, 3.05) is 56.0 Å². The number of hydrogen-bond acceptors (Lipinski definition) is 8. The molecular formula is C27H31ClN8OS. The summed E-state index contributed by atoms with van der Waals surface area (Å²) < 4.78 is 18.6. The number of benzene rings is 1. The van der Waals surface area contributed by atoms with Gasteiger partial charge in [0.2, 0.25) is 5.95 Å². The Labute approximate surface area is 228 Å². The smallest absolute Gasteiger partial charge is 0.229 e. The number of hydrogen-bond donors (Lipinski definition) is 1. The Balaban J connectivity index is 1.35. The predicted octanol–water partition coefficient (Wildman–Crippen LogP) is 5.20. The predicted molar refractivity (Wildman–Crippen MR) is 155 cm³/mol. The first-order chi connectivity index (χ1) is 18.2.